The molecule has 5 heteroatoms. The van der Waals surface area contributed by atoms with E-state index in [-0.39, 0.29) is 5.96 Å². The fourth-order valence-corrected chi connectivity index (χ4v) is 1.01. The highest BCUT2D eigenvalue weighted by molar-refractivity contribution is 6.30. The van der Waals surface area contributed by atoms with E-state index in [2.05, 4.69) is 10.3 Å². The number of rotatable bonds is 2. The van der Waals surface area contributed by atoms with Crippen LogP contribution in [0.2, 0.25) is 5.02 Å². The van der Waals surface area contributed by atoms with Crippen LogP contribution in [-0.2, 0) is 6.54 Å². The Morgan fingerprint density at radius 1 is 1.50 bits per heavy atom. The molecule has 0 aliphatic rings. The Morgan fingerprint density at radius 2 is 2.14 bits per heavy atom. The first kappa shape index (κ1) is 10.4. The van der Waals surface area contributed by atoms with Crippen LogP contribution in [0.5, 0.6) is 0 Å². The zero-order valence-electron chi connectivity index (χ0n) is 7.37. The van der Waals surface area contributed by atoms with Crippen LogP contribution in [0, 0.1) is 11.5 Å². The van der Waals surface area contributed by atoms with Gasteiger partial charge in [0.05, 0.1) is 0 Å². The molecule has 0 unspecified atom stereocenters. The molecule has 0 fully saturated rings. The minimum absolute atomic E-state index is 0.113. The van der Waals surface area contributed by atoms with E-state index in [0.717, 1.165) is 5.56 Å². The average Bonchev–Trinajstić information content (AvgIpc) is 2.17. The highest BCUT2D eigenvalue weighted by Crippen LogP contribution is 2.08. The zero-order valence-corrected chi connectivity index (χ0v) is 8.12. The lowest BCUT2D eigenvalue weighted by molar-refractivity contribution is 0.904. The first-order valence-corrected chi connectivity index (χ1v) is 4.30. The van der Waals surface area contributed by atoms with Crippen LogP contribution in [0.25, 0.3) is 0 Å². The molecule has 0 radical (unpaired) electrons. The largest absolute Gasteiger partial charge is 0.369 e. The summed E-state index contributed by atoms with van der Waals surface area (Å²) in [5.74, 6) is 0.113. The highest BCUT2D eigenvalue weighted by Gasteiger charge is 1.93. The third-order valence-electron chi connectivity index (χ3n) is 1.56. The maximum atomic E-state index is 8.20. The Morgan fingerprint density at radius 3 is 2.71 bits per heavy atom. The predicted octanol–water partition coefficient (Wildman–Crippen LogP) is 1.23. The second-order valence-electron chi connectivity index (χ2n) is 2.58. The van der Waals surface area contributed by atoms with E-state index in [0.29, 0.717) is 11.6 Å². The Balaban J connectivity index is 2.51. The lowest BCUT2D eigenvalue weighted by Crippen LogP contribution is -2.30. The van der Waals surface area contributed by atoms with Gasteiger partial charge in [0.2, 0.25) is 12.2 Å². The molecule has 0 amide bonds. The summed E-state index contributed by atoms with van der Waals surface area (Å²) in [6, 6.07) is 7.32. The van der Waals surface area contributed by atoms with E-state index < -0.39 is 0 Å². The summed E-state index contributed by atoms with van der Waals surface area (Å²) in [5, 5.41) is 11.7. The minimum Gasteiger partial charge on any atom is -0.369 e. The van der Waals surface area contributed by atoms with Gasteiger partial charge >= 0.3 is 0 Å². The van der Waals surface area contributed by atoms with Gasteiger partial charge in [-0.05, 0) is 17.7 Å². The molecular weight excluding hydrogens is 200 g/mol. The van der Waals surface area contributed by atoms with E-state index in [1.807, 2.05) is 12.1 Å². The number of nitrogens with zero attached hydrogens (tertiary/aromatic N) is 2. The fraction of sp³-hybridized carbons (Fsp3) is 0.111. The Kier molecular flexibility index (Phi) is 3.77. The van der Waals surface area contributed by atoms with Crippen molar-refractivity contribution in [3.63, 3.8) is 0 Å². The smallest absolute Gasteiger partial charge is 0.209 e. The summed E-state index contributed by atoms with van der Waals surface area (Å²) < 4.78 is 0. The molecule has 14 heavy (non-hydrogen) atoms. The van der Waals surface area contributed by atoms with Gasteiger partial charge in [-0.15, -0.1) is 4.99 Å². The number of aliphatic imine (C=N–C) groups is 1. The van der Waals surface area contributed by atoms with Crippen molar-refractivity contribution in [2.45, 2.75) is 6.54 Å². The summed E-state index contributed by atoms with van der Waals surface area (Å²) >= 11 is 5.71. The lowest BCUT2D eigenvalue weighted by atomic mass is 10.2. The van der Waals surface area contributed by atoms with Gasteiger partial charge in [0.1, 0.15) is 0 Å². The first-order valence-electron chi connectivity index (χ1n) is 3.93. The van der Waals surface area contributed by atoms with Crippen molar-refractivity contribution in [3.05, 3.63) is 34.9 Å². The third-order valence-corrected chi connectivity index (χ3v) is 1.81. The Hall–Kier alpha value is -1.73. The van der Waals surface area contributed by atoms with Gasteiger partial charge in [-0.3, -0.25) is 0 Å². The minimum atomic E-state index is 0.113. The highest BCUT2D eigenvalue weighted by atomic mass is 35.5. The van der Waals surface area contributed by atoms with Crippen LogP contribution in [0.15, 0.2) is 29.3 Å². The molecule has 1 aromatic carbocycles. The van der Waals surface area contributed by atoms with Crippen molar-refractivity contribution in [3.8, 4) is 6.19 Å². The van der Waals surface area contributed by atoms with Crippen molar-refractivity contribution in [2.24, 2.45) is 10.7 Å². The molecule has 0 aliphatic heterocycles. The summed E-state index contributed by atoms with van der Waals surface area (Å²) in [6.07, 6.45) is 1.59. The molecule has 0 saturated carbocycles. The van der Waals surface area contributed by atoms with Gasteiger partial charge < -0.3 is 11.1 Å². The lowest BCUT2D eigenvalue weighted by Gasteiger charge is -2.03. The number of hydrogen-bond acceptors (Lipinski definition) is 2. The van der Waals surface area contributed by atoms with Crippen LogP contribution in [0.4, 0.5) is 0 Å². The number of guanidine groups is 1. The van der Waals surface area contributed by atoms with E-state index in [9.17, 15) is 0 Å². The van der Waals surface area contributed by atoms with Gasteiger partial charge in [-0.1, -0.05) is 23.7 Å². The number of nitriles is 1. The average molecular weight is 209 g/mol. The third kappa shape index (κ3) is 3.33. The summed E-state index contributed by atoms with van der Waals surface area (Å²) in [7, 11) is 0. The van der Waals surface area contributed by atoms with Crippen molar-refractivity contribution in [2.75, 3.05) is 0 Å². The van der Waals surface area contributed by atoms with Crippen molar-refractivity contribution in [1.82, 2.24) is 5.32 Å². The van der Waals surface area contributed by atoms with Crippen LogP contribution in [0.3, 0.4) is 0 Å². The summed E-state index contributed by atoms with van der Waals surface area (Å²) in [6.45, 7) is 0.522. The second kappa shape index (κ2) is 5.10. The van der Waals surface area contributed by atoms with Gasteiger partial charge in [-0.2, -0.15) is 5.26 Å². The topological polar surface area (TPSA) is 74.2 Å². The second-order valence-corrected chi connectivity index (χ2v) is 3.01. The van der Waals surface area contributed by atoms with Crippen molar-refractivity contribution < 1.29 is 0 Å². The van der Waals surface area contributed by atoms with Gasteiger partial charge in [-0.25, -0.2) is 0 Å². The summed E-state index contributed by atoms with van der Waals surface area (Å²) in [5.41, 5.74) is 6.37. The molecule has 3 N–H and O–H groups in total. The quantitative estimate of drug-likeness (QED) is 0.436. The van der Waals surface area contributed by atoms with Crippen molar-refractivity contribution >= 4 is 17.6 Å². The van der Waals surface area contributed by atoms with Gasteiger partial charge in [0, 0.05) is 11.6 Å². The van der Waals surface area contributed by atoms with E-state index in [1.54, 1.807) is 18.3 Å². The van der Waals surface area contributed by atoms with E-state index in [1.165, 1.54) is 0 Å². The Bertz CT molecular complexity index is 363. The number of hydrogen-bond donors (Lipinski definition) is 2. The van der Waals surface area contributed by atoms with Crippen LogP contribution >= 0.6 is 11.6 Å². The van der Waals surface area contributed by atoms with Crippen LogP contribution in [-0.4, -0.2) is 5.96 Å². The fourth-order valence-electron chi connectivity index (χ4n) is 0.888. The molecular formula is C9H9ClN4. The first-order chi connectivity index (χ1) is 6.72. The molecule has 4 nitrogen and oxygen atoms in total. The van der Waals surface area contributed by atoms with Crippen LogP contribution in [0.1, 0.15) is 5.56 Å². The number of benzene rings is 1. The summed E-state index contributed by atoms with van der Waals surface area (Å²) in [4.78, 5) is 3.32. The van der Waals surface area contributed by atoms with Crippen LogP contribution < -0.4 is 11.1 Å². The maximum Gasteiger partial charge on any atom is 0.209 e. The van der Waals surface area contributed by atoms with E-state index in [4.69, 9.17) is 22.6 Å². The molecule has 0 spiro atoms. The number of halogens is 1. The molecule has 0 aromatic heterocycles. The molecule has 0 saturated heterocycles. The molecule has 72 valence electrons. The van der Waals surface area contributed by atoms with Gasteiger partial charge in [0.25, 0.3) is 0 Å². The predicted molar refractivity (Wildman–Crippen MR) is 55.5 cm³/mol. The molecule has 0 bridgehead atoms. The molecule has 0 heterocycles. The molecule has 1 rings (SSSR count). The normalized spacial score (nSPS) is 10.7. The maximum absolute atomic E-state index is 8.20. The molecule has 0 aliphatic carbocycles. The molecule has 1 aromatic rings. The SMILES string of the molecule is N#C/N=C(/N)NCc1ccc(Cl)cc1. The molecule has 0 atom stereocenters. The van der Waals surface area contributed by atoms with Gasteiger partial charge in [0.15, 0.2) is 0 Å². The number of nitrogens with two attached hydrogens (primary N) is 1. The monoisotopic (exact) mass is 208 g/mol. The standard InChI is InChI=1S/C9H9ClN4/c10-8-3-1-7(2-4-8)5-13-9(12)14-6-11/h1-4H,5H2,(H3,12,13,14). The Labute approximate surface area is 87.0 Å². The van der Waals surface area contributed by atoms with E-state index >= 15 is 0 Å². The van der Waals surface area contributed by atoms with Crippen molar-refractivity contribution in [1.29, 1.82) is 5.26 Å². The number of nitrogens with one attached hydrogen (secondary N) is 1. The zero-order chi connectivity index (χ0) is 10.4.